The SMILES string of the molecule is O=C(COc1ccc(OCc2ccccc2)cc1)N1CCC[C@@H]1c1nc2ccccc2s1. The van der Waals surface area contributed by atoms with Crippen molar-refractivity contribution in [2.24, 2.45) is 0 Å². The van der Waals surface area contributed by atoms with Gasteiger partial charge in [-0.2, -0.15) is 0 Å². The highest BCUT2D eigenvalue weighted by molar-refractivity contribution is 7.18. The normalized spacial score (nSPS) is 15.8. The minimum absolute atomic E-state index is 0.00356. The highest BCUT2D eigenvalue weighted by atomic mass is 32.1. The number of fused-ring (bicyclic) bond motifs is 1. The summed E-state index contributed by atoms with van der Waals surface area (Å²) in [6, 6.07) is 25.6. The van der Waals surface area contributed by atoms with Crippen molar-refractivity contribution in [3.05, 3.63) is 89.4 Å². The van der Waals surface area contributed by atoms with Crippen LogP contribution in [0.2, 0.25) is 0 Å². The van der Waals surface area contributed by atoms with Crippen LogP contribution in [0.5, 0.6) is 11.5 Å². The van der Waals surface area contributed by atoms with Gasteiger partial charge < -0.3 is 14.4 Å². The number of aromatic nitrogens is 1. The average Bonchev–Trinajstić information content (AvgIpc) is 3.49. The molecule has 1 aliphatic rings. The minimum atomic E-state index is -0.00356. The van der Waals surface area contributed by atoms with E-state index in [9.17, 15) is 4.79 Å². The topological polar surface area (TPSA) is 51.7 Å². The fourth-order valence-electron chi connectivity index (χ4n) is 3.96. The molecule has 5 nitrogen and oxygen atoms in total. The Bertz CT molecular complexity index is 1160. The zero-order valence-corrected chi connectivity index (χ0v) is 18.5. The molecule has 2 heterocycles. The molecule has 1 fully saturated rings. The number of amides is 1. The number of thiazole rings is 1. The fraction of sp³-hybridized carbons (Fsp3) is 0.231. The third-order valence-corrected chi connectivity index (χ3v) is 6.74. The number of hydrogen-bond acceptors (Lipinski definition) is 5. The molecule has 0 spiro atoms. The summed E-state index contributed by atoms with van der Waals surface area (Å²) in [6.07, 6.45) is 1.93. The second-order valence-electron chi connectivity index (χ2n) is 7.80. The molecule has 0 aliphatic carbocycles. The van der Waals surface area contributed by atoms with Crippen molar-refractivity contribution in [1.29, 1.82) is 0 Å². The Morgan fingerprint density at radius 1 is 0.938 bits per heavy atom. The number of rotatable bonds is 7. The predicted molar refractivity (Wildman–Crippen MR) is 126 cm³/mol. The van der Waals surface area contributed by atoms with Crippen LogP contribution >= 0.6 is 11.3 Å². The van der Waals surface area contributed by atoms with Gasteiger partial charge in [-0.15, -0.1) is 11.3 Å². The van der Waals surface area contributed by atoms with E-state index in [0.29, 0.717) is 12.4 Å². The fourth-order valence-corrected chi connectivity index (χ4v) is 5.07. The summed E-state index contributed by atoms with van der Waals surface area (Å²) < 4.78 is 12.7. The molecule has 3 aromatic carbocycles. The van der Waals surface area contributed by atoms with Gasteiger partial charge in [-0.25, -0.2) is 4.98 Å². The van der Waals surface area contributed by atoms with Gasteiger partial charge in [-0.3, -0.25) is 4.79 Å². The molecule has 1 aromatic heterocycles. The van der Waals surface area contributed by atoms with E-state index in [1.165, 1.54) is 0 Å². The van der Waals surface area contributed by atoms with Crippen molar-refractivity contribution >= 4 is 27.5 Å². The molecule has 162 valence electrons. The second-order valence-corrected chi connectivity index (χ2v) is 8.86. The largest absolute Gasteiger partial charge is 0.489 e. The second kappa shape index (κ2) is 9.40. The summed E-state index contributed by atoms with van der Waals surface area (Å²) in [7, 11) is 0. The molecule has 1 aliphatic heterocycles. The number of likely N-dealkylation sites (tertiary alicyclic amines) is 1. The molecule has 0 unspecified atom stereocenters. The standard InChI is InChI=1S/C26H24N2O3S/c29-25(28-16-6-10-23(28)26-27-22-9-4-5-11-24(22)32-26)18-31-21-14-12-20(13-15-21)30-17-19-7-2-1-3-8-19/h1-5,7-9,11-15,23H,6,10,16-18H2/t23-/m1/s1. The quantitative estimate of drug-likeness (QED) is 0.371. The van der Waals surface area contributed by atoms with Gasteiger partial charge in [0.1, 0.15) is 23.1 Å². The first-order valence-electron chi connectivity index (χ1n) is 10.8. The van der Waals surface area contributed by atoms with E-state index in [-0.39, 0.29) is 18.6 Å². The number of benzene rings is 3. The van der Waals surface area contributed by atoms with E-state index < -0.39 is 0 Å². The first kappa shape index (κ1) is 20.5. The Hall–Kier alpha value is -3.38. The zero-order valence-electron chi connectivity index (χ0n) is 17.6. The van der Waals surface area contributed by atoms with Crippen molar-refractivity contribution in [2.75, 3.05) is 13.2 Å². The monoisotopic (exact) mass is 444 g/mol. The van der Waals surface area contributed by atoms with Crippen LogP contribution < -0.4 is 9.47 Å². The number of nitrogens with zero attached hydrogens (tertiary/aromatic N) is 2. The van der Waals surface area contributed by atoms with Crippen LogP contribution in [-0.2, 0) is 11.4 Å². The summed E-state index contributed by atoms with van der Waals surface area (Å²) in [4.78, 5) is 19.6. The van der Waals surface area contributed by atoms with Crippen LogP contribution in [0.25, 0.3) is 10.2 Å². The molecule has 1 amide bonds. The third-order valence-electron chi connectivity index (χ3n) is 5.60. The summed E-state index contributed by atoms with van der Waals surface area (Å²) in [5.74, 6) is 1.42. The van der Waals surface area contributed by atoms with Crippen molar-refractivity contribution in [3.63, 3.8) is 0 Å². The van der Waals surface area contributed by atoms with Gasteiger partial charge in [-0.1, -0.05) is 42.5 Å². The average molecular weight is 445 g/mol. The number of hydrogen-bond donors (Lipinski definition) is 0. The van der Waals surface area contributed by atoms with E-state index in [4.69, 9.17) is 14.5 Å². The summed E-state index contributed by atoms with van der Waals surface area (Å²) in [5, 5.41) is 1.01. The van der Waals surface area contributed by atoms with Crippen LogP contribution in [-0.4, -0.2) is 28.9 Å². The highest BCUT2D eigenvalue weighted by Crippen LogP contribution is 2.36. The highest BCUT2D eigenvalue weighted by Gasteiger charge is 2.32. The lowest BCUT2D eigenvalue weighted by Crippen LogP contribution is -2.34. The Labute approximate surface area is 191 Å². The number of carbonyl (C=O) groups is 1. The predicted octanol–water partition coefficient (Wildman–Crippen LogP) is 5.62. The molecule has 6 heteroatoms. The van der Waals surface area contributed by atoms with Crippen molar-refractivity contribution < 1.29 is 14.3 Å². The summed E-state index contributed by atoms with van der Waals surface area (Å²) in [5.41, 5.74) is 2.12. The van der Waals surface area contributed by atoms with E-state index >= 15 is 0 Å². The van der Waals surface area contributed by atoms with Crippen molar-refractivity contribution in [2.45, 2.75) is 25.5 Å². The molecule has 5 rings (SSSR count). The van der Waals surface area contributed by atoms with Gasteiger partial charge in [0.05, 0.1) is 16.3 Å². The smallest absolute Gasteiger partial charge is 0.261 e. The van der Waals surface area contributed by atoms with Gasteiger partial charge in [0, 0.05) is 6.54 Å². The molecule has 0 bridgehead atoms. The Morgan fingerprint density at radius 2 is 1.66 bits per heavy atom. The maximum absolute atomic E-state index is 12.9. The zero-order chi connectivity index (χ0) is 21.8. The van der Waals surface area contributed by atoms with Crippen LogP contribution in [0.15, 0.2) is 78.9 Å². The molecule has 0 radical (unpaired) electrons. The molecular formula is C26H24N2O3S. The van der Waals surface area contributed by atoms with E-state index in [1.54, 1.807) is 11.3 Å². The number of carbonyl (C=O) groups excluding carboxylic acids is 1. The van der Waals surface area contributed by atoms with Crippen LogP contribution in [0, 0.1) is 0 Å². The molecular weight excluding hydrogens is 420 g/mol. The molecule has 1 saturated heterocycles. The number of ether oxygens (including phenoxy) is 2. The van der Waals surface area contributed by atoms with Crippen LogP contribution in [0.3, 0.4) is 0 Å². The maximum Gasteiger partial charge on any atom is 0.261 e. The van der Waals surface area contributed by atoms with Crippen LogP contribution in [0.1, 0.15) is 29.5 Å². The Balaban J connectivity index is 1.17. The first-order valence-corrected chi connectivity index (χ1v) is 11.6. The summed E-state index contributed by atoms with van der Waals surface area (Å²) >= 11 is 1.67. The lowest BCUT2D eigenvalue weighted by Gasteiger charge is -2.23. The first-order chi connectivity index (χ1) is 15.8. The molecule has 1 atom stereocenters. The lowest BCUT2D eigenvalue weighted by atomic mass is 10.2. The minimum Gasteiger partial charge on any atom is -0.489 e. The molecule has 0 saturated carbocycles. The van der Waals surface area contributed by atoms with Gasteiger partial charge in [0.15, 0.2) is 6.61 Å². The Morgan fingerprint density at radius 3 is 2.44 bits per heavy atom. The van der Waals surface area contributed by atoms with Gasteiger partial charge in [0.2, 0.25) is 0 Å². The van der Waals surface area contributed by atoms with Crippen LogP contribution in [0.4, 0.5) is 0 Å². The van der Waals surface area contributed by atoms with Gasteiger partial charge in [-0.05, 0) is 54.8 Å². The van der Waals surface area contributed by atoms with Crippen molar-refractivity contribution in [3.8, 4) is 11.5 Å². The number of para-hydroxylation sites is 1. The van der Waals surface area contributed by atoms with E-state index in [2.05, 4.69) is 6.07 Å². The Kier molecular flexibility index (Phi) is 6.03. The molecule has 0 N–H and O–H groups in total. The molecule has 4 aromatic rings. The maximum atomic E-state index is 12.9. The summed E-state index contributed by atoms with van der Waals surface area (Å²) in [6.45, 7) is 1.28. The lowest BCUT2D eigenvalue weighted by molar-refractivity contribution is -0.134. The third kappa shape index (κ3) is 4.60. The van der Waals surface area contributed by atoms with E-state index in [0.717, 1.165) is 45.9 Å². The van der Waals surface area contributed by atoms with Gasteiger partial charge >= 0.3 is 0 Å². The van der Waals surface area contributed by atoms with Gasteiger partial charge in [0.25, 0.3) is 5.91 Å². The van der Waals surface area contributed by atoms with E-state index in [1.807, 2.05) is 77.7 Å². The molecule has 32 heavy (non-hydrogen) atoms. The van der Waals surface area contributed by atoms with Crippen molar-refractivity contribution in [1.82, 2.24) is 9.88 Å².